The van der Waals surface area contributed by atoms with Crippen molar-refractivity contribution in [2.75, 3.05) is 6.26 Å². The van der Waals surface area contributed by atoms with Crippen molar-refractivity contribution in [2.24, 2.45) is 0 Å². The Morgan fingerprint density at radius 1 is 0.939 bits per heavy atom. The molecule has 0 saturated heterocycles. The second kappa shape index (κ2) is 8.79. The van der Waals surface area contributed by atoms with Gasteiger partial charge >= 0.3 is 0 Å². The highest BCUT2D eigenvalue weighted by atomic mass is 32.2. The predicted molar refractivity (Wildman–Crippen MR) is 132 cm³/mol. The number of sulfone groups is 1. The summed E-state index contributed by atoms with van der Waals surface area (Å²) in [4.78, 5) is 18.4. The molecular formula is C27H26N2O3S. The molecule has 168 valence electrons. The van der Waals surface area contributed by atoms with Gasteiger partial charge in [0, 0.05) is 17.2 Å². The lowest BCUT2D eigenvalue weighted by molar-refractivity contribution is 0.0941. The van der Waals surface area contributed by atoms with E-state index in [2.05, 4.69) is 11.4 Å². The number of carbonyl (C=O) groups is 1. The number of aromatic nitrogens is 1. The Labute approximate surface area is 194 Å². The van der Waals surface area contributed by atoms with E-state index in [9.17, 15) is 13.2 Å². The van der Waals surface area contributed by atoms with Crippen LogP contribution in [0.15, 0.2) is 77.7 Å². The molecule has 1 atom stereocenters. The second-order valence-corrected chi connectivity index (χ2v) is 10.4. The van der Waals surface area contributed by atoms with Gasteiger partial charge in [-0.3, -0.25) is 4.79 Å². The van der Waals surface area contributed by atoms with Gasteiger partial charge < -0.3 is 5.32 Å². The maximum Gasteiger partial charge on any atom is 0.252 e. The van der Waals surface area contributed by atoms with E-state index in [4.69, 9.17) is 4.98 Å². The van der Waals surface area contributed by atoms with Crippen molar-refractivity contribution >= 4 is 26.6 Å². The molecule has 1 amide bonds. The van der Waals surface area contributed by atoms with Crippen LogP contribution in [0.1, 0.15) is 40.0 Å². The minimum atomic E-state index is -3.27. The summed E-state index contributed by atoms with van der Waals surface area (Å²) in [6.45, 7) is 5.97. The average Bonchev–Trinajstić information content (AvgIpc) is 2.77. The van der Waals surface area contributed by atoms with Crippen molar-refractivity contribution in [1.29, 1.82) is 0 Å². The Balaban J connectivity index is 1.70. The number of hydrogen-bond acceptors (Lipinski definition) is 4. The predicted octanol–water partition coefficient (Wildman–Crippen LogP) is 5.41. The van der Waals surface area contributed by atoms with Crippen LogP contribution in [0, 0.1) is 13.8 Å². The molecule has 1 N–H and O–H groups in total. The van der Waals surface area contributed by atoms with Crippen molar-refractivity contribution < 1.29 is 13.2 Å². The second-order valence-electron chi connectivity index (χ2n) is 8.43. The first-order valence-corrected chi connectivity index (χ1v) is 12.6. The average molecular weight is 459 g/mol. The van der Waals surface area contributed by atoms with Gasteiger partial charge in [-0.2, -0.15) is 0 Å². The Bertz CT molecular complexity index is 1460. The van der Waals surface area contributed by atoms with E-state index >= 15 is 0 Å². The van der Waals surface area contributed by atoms with E-state index in [-0.39, 0.29) is 16.8 Å². The van der Waals surface area contributed by atoms with Crippen LogP contribution in [-0.4, -0.2) is 25.6 Å². The molecule has 0 spiro atoms. The third-order valence-electron chi connectivity index (χ3n) is 5.77. The van der Waals surface area contributed by atoms with Gasteiger partial charge in [0.2, 0.25) is 0 Å². The van der Waals surface area contributed by atoms with Crippen LogP contribution < -0.4 is 5.32 Å². The number of aryl methyl sites for hydroxylation is 2. The number of pyridine rings is 1. The van der Waals surface area contributed by atoms with Gasteiger partial charge in [0.25, 0.3) is 5.91 Å². The van der Waals surface area contributed by atoms with Crippen LogP contribution in [0.2, 0.25) is 0 Å². The van der Waals surface area contributed by atoms with Crippen LogP contribution in [0.3, 0.4) is 0 Å². The Hall–Kier alpha value is -3.51. The highest BCUT2D eigenvalue weighted by Crippen LogP contribution is 2.28. The normalized spacial score (nSPS) is 12.5. The van der Waals surface area contributed by atoms with Crippen molar-refractivity contribution in [3.05, 3.63) is 95.1 Å². The number of nitrogens with one attached hydrogen (secondary N) is 1. The maximum absolute atomic E-state index is 13.4. The molecule has 4 rings (SSSR count). The number of carbonyl (C=O) groups excluding carboxylic acids is 1. The quantitative estimate of drug-likeness (QED) is 0.434. The van der Waals surface area contributed by atoms with Crippen LogP contribution in [0.4, 0.5) is 0 Å². The number of nitrogens with zero attached hydrogens (tertiary/aromatic N) is 1. The molecule has 4 aromatic rings. The first kappa shape index (κ1) is 22.7. The lowest BCUT2D eigenvalue weighted by atomic mass is 9.99. The van der Waals surface area contributed by atoms with E-state index in [1.807, 2.05) is 63.2 Å². The number of amides is 1. The maximum atomic E-state index is 13.4. The van der Waals surface area contributed by atoms with E-state index in [1.54, 1.807) is 24.3 Å². The van der Waals surface area contributed by atoms with Gasteiger partial charge in [-0.05, 0) is 56.2 Å². The number of benzene rings is 3. The zero-order chi connectivity index (χ0) is 23.8. The van der Waals surface area contributed by atoms with Crippen molar-refractivity contribution in [3.8, 4) is 11.3 Å². The van der Waals surface area contributed by atoms with Gasteiger partial charge in [-0.25, -0.2) is 13.4 Å². The van der Waals surface area contributed by atoms with Crippen LogP contribution in [0.25, 0.3) is 22.2 Å². The number of para-hydroxylation sites is 1. The van der Waals surface area contributed by atoms with Gasteiger partial charge in [0.05, 0.1) is 27.7 Å². The summed E-state index contributed by atoms with van der Waals surface area (Å²) >= 11 is 0. The molecule has 33 heavy (non-hydrogen) atoms. The molecule has 1 aromatic heterocycles. The molecule has 0 saturated carbocycles. The Morgan fingerprint density at radius 2 is 1.64 bits per heavy atom. The molecule has 1 unspecified atom stereocenters. The highest BCUT2D eigenvalue weighted by molar-refractivity contribution is 7.90. The van der Waals surface area contributed by atoms with Gasteiger partial charge in [0.1, 0.15) is 0 Å². The smallest absolute Gasteiger partial charge is 0.252 e. The van der Waals surface area contributed by atoms with E-state index in [0.29, 0.717) is 5.56 Å². The highest BCUT2D eigenvalue weighted by Gasteiger charge is 2.18. The minimum absolute atomic E-state index is 0.209. The molecular weight excluding hydrogens is 432 g/mol. The third-order valence-corrected chi connectivity index (χ3v) is 6.90. The first-order chi connectivity index (χ1) is 15.6. The summed E-state index contributed by atoms with van der Waals surface area (Å²) in [6.07, 6.45) is 1.18. The molecule has 1 heterocycles. The number of fused-ring (bicyclic) bond motifs is 1. The summed E-state index contributed by atoms with van der Waals surface area (Å²) in [7, 11) is -3.27. The van der Waals surface area contributed by atoms with Gasteiger partial charge in [-0.1, -0.05) is 54.1 Å². The number of hydrogen-bond donors (Lipinski definition) is 1. The Kier molecular flexibility index (Phi) is 6.04. The zero-order valence-corrected chi connectivity index (χ0v) is 19.9. The lowest BCUT2D eigenvalue weighted by Crippen LogP contribution is -2.27. The van der Waals surface area contributed by atoms with Gasteiger partial charge in [-0.15, -0.1) is 0 Å². The van der Waals surface area contributed by atoms with Crippen molar-refractivity contribution in [1.82, 2.24) is 10.3 Å². The van der Waals surface area contributed by atoms with E-state index in [0.717, 1.165) is 33.3 Å². The van der Waals surface area contributed by atoms with E-state index in [1.165, 1.54) is 11.8 Å². The molecule has 0 radical (unpaired) electrons. The molecule has 0 aliphatic heterocycles. The molecule has 6 heteroatoms. The topological polar surface area (TPSA) is 76.1 Å². The fourth-order valence-electron chi connectivity index (χ4n) is 3.96. The SMILES string of the molecule is Cc1ccc(-c2cc(C(=O)NC(C)c3ccc(S(C)(=O)=O)cc3)c3ccccc3n2)c(C)c1. The summed E-state index contributed by atoms with van der Waals surface area (Å²) in [6, 6.07) is 21.9. The standard InChI is InChI=1S/C27H26N2O3S/c1-17-9-14-22(18(2)15-17)26-16-24(23-7-5-6-8-25(23)29-26)27(30)28-19(3)20-10-12-21(13-11-20)33(4,31)32/h5-16,19H,1-4H3,(H,28,30). The molecule has 0 aliphatic rings. The zero-order valence-electron chi connectivity index (χ0n) is 19.1. The molecule has 0 bridgehead atoms. The Morgan fingerprint density at radius 3 is 2.30 bits per heavy atom. The number of rotatable bonds is 5. The van der Waals surface area contributed by atoms with E-state index < -0.39 is 9.84 Å². The van der Waals surface area contributed by atoms with Crippen molar-refractivity contribution in [3.63, 3.8) is 0 Å². The van der Waals surface area contributed by atoms with Crippen LogP contribution >= 0.6 is 0 Å². The summed E-state index contributed by atoms with van der Waals surface area (Å²) in [5.41, 5.74) is 6.14. The van der Waals surface area contributed by atoms with Crippen LogP contribution in [-0.2, 0) is 9.84 Å². The molecule has 3 aromatic carbocycles. The fraction of sp³-hybridized carbons (Fsp3) is 0.185. The van der Waals surface area contributed by atoms with Crippen molar-refractivity contribution in [2.45, 2.75) is 31.7 Å². The fourth-order valence-corrected chi connectivity index (χ4v) is 4.59. The third kappa shape index (κ3) is 4.81. The minimum Gasteiger partial charge on any atom is -0.345 e. The van der Waals surface area contributed by atoms with Crippen LogP contribution in [0.5, 0.6) is 0 Å². The molecule has 5 nitrogen and oxygen atoms in total. The summed E-state index contributed by atoms with van der Waals surface area (Å²) in [5.74, 6) is -0.209. The summed E-state index contributed by atoms with van der Waals surface area (Å²) in [5, 5.41) is 3.83. The molecule has 0 aliphatic carbocycles. The summed E-state index contributed by atoms with van der Waals surface area (Å²) < 4.78 is 23.4. The van der Waals surface area contributed by atoms with Gasteiger partial charge in [0.15, 0.2) is 9.84 Å². The molecule has 0 fully saturated rings. The largest absolute Gasteiger partial charge is 0.345 e. The lowest BCUT2D eigenvalue weighted by Gasteiger charge is -2.17. The first-order valence-electron chi connectivity index (χ1n) is 10.7. The monoisotopic (exact) mass is 458 g/mol.